The zero-order valence-corrected chi connectivity index (χ0v) is 16.6. The van der Waals surface area contributed by atoms with Crippen LogP contribution in [0.5, 0.6) is 11.5 Å². The van der Waals surface area contributed by atoms with Gasteiger partial charge in [-0.15, -0.1) is 0 Å². The third-order valence-electron chi connectivity index (χ3n) is 5.51. The number of hydrogen-bond acceptors (Lipinski definition) is 4. The maximum Gasteiger partial charge on any atom is 0.161 e. The molecule has 4 heteroatoms. The van der Waals surface area contributed by atoms with Crippen LogP contribution in [0, 0.1) is 0 Å². The average Bonchev–Trinajstić information content (AvgIpc) is 2.72. The summed E-state index contributed by atoms with van der Waals surface area (Å²) in [5.41, 5.74) is 3.62. The smallest absolute Gasteiger partial charge is 0.161 e. The van der Waals surface area contributed by atoms with E-state index in [1.807, 2.05) is 30.3 Å². The van der Waals surface area contributed by atoms with Crippen LogP contribution in [-0.2, 0) is 12.8 Å². The number of aliphatic hydroxyl groups is 1. The maximum atomic E-state index is 10.9. The third-order valence-corrected chi connectivity index (χ3v) is 5.51. The van der Waals surface area contributed by atoms with Crippen LogP contribution in [0.4, 0.5) is 0 Å². The molecule has 0 amide bonds. The Morgan fingerprint density at radius 1 is 1.07 bits per heavy atom. The topological polar surface area (TPSA) is 50.7 Å². The standard InChI is InChI=1S/C23H31NO3/c1-4-8-20(23(25)16-9-6-5-7-10-16)24-19-12-11-17-14-21(26-2)22(27-3)15-18(17)13-19/h5-7,9-10,14-15,19-20,23-25H,4,8,11-13H2,1-3H3. The van der Waals surface area contributed by atoms with Crippen LogP contribution in [0.3, 0.4) is 0 Å². The highest BCUT2D eigenvalue weighted by molar-refractivity contribution is 5.48. The number of methoxy groups -OCH3 is 2. The Morgan fingerprint density at radius 3 is 2.37 bits per heavy atom. The minimum atomic E-state index is -0.488. The van der Waals surface area contributed by atoms with Gasteiger partial charge in [-0.1, -0.05) is 43.7 Å². The number of aliphatic hydroxyl groups excluding tert-OH is 1. The third kappa shape index (κ3) is 4.63. The summed E-state index contributed by atoms with van der Waals surface area (Å²) in [5.74, 6) is 1.58. The van der Waals surface area contributed by atoms with Gasteiger partial charge >= 0.3 is 0 Å². The zero-order chi connectivity index (χ0) is 19.2. The molecule has 3 rings (SSSR count). The molecule has 0 aromatic heterocycles. The van der Waals surface area contributed by atoms with E-state index >= 15 is 0 Å². The first-order chi connectivity index (χ1) is 13.2. The van der Waals surface area contributed by atoms with E-state index in [4.69, 9.17) is 9.47 Å². The molecule has 4 nitrogen and oxygen atoms in total. The van der Waals surface area contributed by atoms with E-state index in [1.165, 1.54) is 11.1 Å². The van der Waals surface area contributed by atoms with Crippen molar-refractivity contribution in [2.45, 2.75) is 57.2 Å². The summed E-state index contributed by atoms with van der Waals surface area (Å²) >= 11 is 0. The van der Waals surface area contributed by atoms with Crippen LogP contribution >= 0.6 is 0 Å². The van der Waals surface area contributed by atoms with Crippen molar-refractivity contribution in [2.75, 3.05) is 14.2 Å². The van der Waals surface area contributed by atoms with Gasteiger partial charge < -0.3 is 19.9 Å². The highest BCUT2D eigenvalue weighted by atomic mass is 16.5. The number of ether oxygens (including phenoxy) is 2. The van der Waals surface area contributed by atoms with Crippen LogP contribution in [0.15, 0.2) is 42.5 Å². The molecule has 0 saturated heterocycles. The van der Waals surface area contributed by atoms with Crippen molar-refractivity contribution in [1.29, 1.82) is 0 Å². The number of nitrogens with one attached hydrogen (secondary N) is 1. The number of aryl methyl sites for hydroxylation is 1. The molecule has 0 heterocycles. The fourth-order valence-corrected chi connectivity index (χ4v) is 4.05. The van der Waals surface area contributed by atoms with Crippen LogP contribution in [0.25, 0.3) is 0 Å². The van der Waals surface area contributed by atoms with Crippen molar-refractivity contribution in [2.24, 2.45) is 0 Å². The maximum absolute atomic E-state index is 10.9. The van der Waals surface area contributed by atoms with Gasteiger partial charge in [0.25, 0.3) is 0 Å². The first-order valence-corrected chi connectivity index (χ1v) is 9.89. The Balaban J connectivity index is 1.73. The molecular formula is C23H31NO3. The number of hydrogen-bond donors (Lipinski definition) is 2. The van der Waals surface area contributed by atoms with Gasteiger partial charge in [0, 0.05) is 12.1 Å². The molecule has 27 heavy (non-hydrogen) atoms. The molecular weight excluding hydrogens is 338 g/mol. The van der Waals surface area contributed by atoms with E-state index in [2.05, 4.69) is 24.4 Å². The zero-order valence-electron chi connectivity index (χ0n) is 16.6. The molecule has 1 aliphatic carbocycles. The summed E-state index contributed by atoms with van der Waals surface area (Å²) < 4.78 is 10.9. The van der Waals surface area contributed by atoms with Crippen molar-refractivity contribution in [1.82, 2.24) is 5.32 Å². The second-order valence-corrected chi connectivity index (χ2v) is 7.33. The molecule has 3 atom stereocenters. The summed E-state index contributed by atoms with van der Waals surface area (Å²) in [6.07, 6.45) is 4.51. The van der Waals surface area contributed by atoms with Gasteiger partial charge in [0.1, 0.15) is 0 Å². The molecule has 2 N–H and O–H groups in total. The molecule has 0 spiro atoms. The Morgan fingerprint density at radius 2 is 1.74 bits per heavy atom. The quantitative estimate of drug-likeness (QED) is 0.737. The second kappa shape index (κ2) is 9.25. The molecule has 3 unspecified atom stereocenters. The van der Waals surface area contributed by atoms with Crippen LogP contribution in [-0.4, -0.2) is 31.4 Å². The van der Waals surface area contributed by atoms with Crippen LogP contribution in [0.2, 0.25) is 0 Å². The summed E-state index contributed by atoms with van der Waals surface area (Å²) in [6.45, 7) is 2.17. The van der Waals surface area contributed by atoms with E-state index in [0.717, 1.165) is 49.2 Å². The van der Waals surface area contributed by atoms with Gasteiger partial charge in [0.05, 0.1) is 20.3 Å². The van der Waals surface area contributed by atoms with Gasteiger partial charge in [-0.2, -0.15) is 0 Å². The second-order valence-electron chi connectivity index (χ2n) is 7.33. The molecule has 0 saturated carbocycles. The summed E-state index contributed by atoms with van der Waals surface area (Å²) in [7, 11) is 3.36. The van der Waals surface area contributed by atoms with Gasteiger partial charge in [-0.3, -0.25) is 0 Å². The van der Waals surface area contributed by atoms with Crippen molar-refractivity contribution >= 4 is 0 Å². The van der Waals surface area contributed by atoms with Crippen molar-refractivity contribution in [3.05, 3.63) is 59.2 Å². The average molecular weight is 370 g/mol. The van der Waals surface area contributed by atoms with E-state index < -0.39 is 6.10 Å². The lowest BCUT2D eigenvalue weighted by molar-refractivity contribution is 0.114. The fourth-order valence-electron chi connectivity index (χ4n) is 4.05. The number of benzene rings is 2. The fraction of sp³-hybridized carbons (Fsp3) is 0.478. The summed E-state index contributed by atoms with van der Waals surface area (Å²) in [6, 6.07) is 14.6. The van der Waals surface area contributed by atoms with Gasteiger partial charge in [0.2, 0.25) is 0 Å². The van der Waals surface area contributed by atoms with Crippen LogP contribution in [0.1, 0.15) is 49.0 Å². The lowest BCUT2D eigenvalue weighted by Gasteiger charge is -2.32. The van der Waals surface area contributed by atoms with E-state index in [0.29, 0.717) is 6.04 Å². The first kappa shape index (κ1) is 19.7. The lowest BCUT2D eigenvalue weighted by Crippen LogP contribution is -2.44. The molecule has 0 bridgehead atoms. The summed E-state index contributed by atoms with van der Waals surface area (Å²) in [4.78, 5) is 0. The van der Waals surface area contributed by atoms with E-state index in [1.54, 1.807) is 14.2 Å². The van der Waals surface area contributed by atoms with Gasteiger partial charge in [-0.25, -0.2) is 0 Å². The first-order valence-electron chi connectivity index (χ1n) is 9.89. The monoisotopic (exact) mass is 369 g/mol. The minimum Gasteiger partial charge on any atom is -0.493 e. The Labute approximate surface area is 162 Å². The Bertz CT molecular complexity index is 732. The Kier molecular flexibility index (Phi) is 6.75. The van der Waals surface area contributed by atoms with Crippen molar-refractivity contribution in [3.63, 3.8) is 0 Å². The SMILES string of the molecule is CCCC(NC1CCc2cc(OC)c(OC)cc2C1)C(O)c1ccccc1. The summed E-state index contributed by atoms with van der Waals surface area (Å²) in [5, 5.41) is 14.6. The largest absolute Gasteiger partial charge is 0.493 e. The molecule has 0 aliphatic heterocycles. The van der Waals surface area contributed by atoms with Gasteiger partial charge in [0.15, 0.2) is 11.5 Å². The van der Waals surface area contributed by atoms with Crippen molar-refractivity contribution in [3.8, 4) is 11.5 Å². The minimum absolute atomic E-state index is 0.0593. The van der Waals surface area contributed by atoms with Crippen molar-refractivity contribution < 1.29 is 14.6 Å². The molecule has 146 valence electrons. The molecule has 2 aromatic carbocycles. The highest BCUT2D eigenvalue weighted by Crippen LogP contribution is 2.34. The normalized spacial score (nSPS) is 18.4. The van der Waals surface area contributed by atoms with E-state index in [-0.39, 0.29) is 6.04 Å². The molecule has 2 aromatic rings. The molecule has 0 radical (unpaired) electrons. The Hall–Kier alpha value is -2.04. The predicted molar refractivity (Wildman–Crippen MR) is 109 cm³/mol. The molecule has 1 aliphatic rings. The van der Waals surface area contributed by atoms with Gasteiger partial charge in [-0.05, 0) is 54.5 Å². The molecule has 0 fully saturated rings. The number of fused-ring (bicyclic) bond motifs is 1. The predicted octanol–water partition coefficient (Wildman–Crippen LogP) is 4.05. The van der Waals surface area contributed by atoms with E-state index in [9.17, 15) is 5.11 Å². The lowest BCUT2D eigenvalue weighted by atomic mass is 9.86. The van der Waals surface area contributed by atoms with Crippen LogP contribution < -0.4 is 14.8 Å². The highest BCUT2D eigenvalue weighted by Gasteiger charge is 2.26. The number of rotatable bonds is 8.